The molecule has 0 saturated carbocycles. The van der Waals surface area contributed by atoms with Crippen molar-refractivity contribution in [3.8, 4) is 0 Å². The van der Waals surface area contributed by atoms with Crippen LogP contribution in [0.1, 0.15) is 33.1 Å². The molecule has 0 heterocycles. The first-order valence-corrected chi connectivity index (χ1v) is 4.65. The summed E-state index contributed by atoms with van der Waals surface area (Å²) >= 11 is 4.59. The lowest BCUT2D eigenvalue weighted by atomic mass is 10.2. The number of hydrogen-bond donors (Lipinski definition) is 1. The second-order valence-electron chi connectivity index (χ2n) is 2.87. The molecule has 0 aromatic heterocycles. The Kier molecular flexibility index (Phi) is 8.57. The van der Waals surface area contributed by atoms with Crippen molar-refractivity contribution in [1.29, 1.82) is 0 Å². The van der Waals surface area contributed by atoms with Crippen LogP contribution in [-0.4, -0.2) is 19.3 Å². The summed E-state index contributed by atoms with van der Waals surface area (Å²) in [5.74, 6) is 0. The molecule has 0 bridgehead atoms. The van der Waals surface area contributed by atoms with Gasteiger partial charge in [0.1, 0.15) is 0 Å². The van der Waals surface area contributed by atoms with Crippen LogP contribution >= 0.6 is 0 Å². The molecule has 3 heteroatoms. The first-order valence-electron chi connectivity index (χ1n) is 4.24. The molecule has 0 spiro atoms. The maximum Gasteiger partial charge on any atom is 0.0518 e. The molecule has 0 fully saturated rings. The van der Waals surface area contributed by atoms with Crippen LogP contribution in [0, 0.1) is 0 Å². The molecule has 0 rings (SSSR count). The molecular formula is C8H18NOS-. The standard InChI is InChI=1S/C8H18NOS/c1-8(2)10-7-5-3-4-6-9-11/h8-9H,3-7H2,1-2H3/q-1. The van der Waals surface area contributed by atoms with Crippen molar-refractivity contribution < 1.29 is 4.74 Å². The maximum atomic E-state index is 5.38. The van der Waals surface area contributed by atoms with E-state index in [2.05, 4.69) is 31.4 Å². The molecule has 68 valence electrons. The molecule has 0 aliphatic heterocycles. The van der Waals surface area contributed by atoms with Gasteiger partial charge in [-0.25, -0.2) is 0 Å². The van der Waals surface area contributed by atoms with Gasteiger partial charge in [0.25, 0.3) is 0 Å². The number of unbranched alkanes of at least 4 members (excludes halogenated alkanes) is 2. The van der Waals surface area contributed by atoms with Crippen molar-refractivity contribution in [2.75, 3.05) is 13.2 Å². The Bertz CT molecular complexity index is 78.5. The van der Waals surface area contributed by atoms with E-state index in [9.17, 15) is 0 Å². The van der Waals surface area contributed by atoms with Gasteiger partial charge in [-0.3, -0.25) is 0 Å². The largest absolute Gasteiger partial charge is 0.705 e. The lowest BCUT2D eigenvalue weighted by molar-refractivity contribution is 0.0758. The van der Waals surface area contributed by atoms with Crippen LogP contribution in [0.5, 0.6) is 0 Å². The first kappa shape index (κ1) is 11.3. The van der Waals surface area contributed by atoms with Crippen molar-refractivity contribution in [3.63, 3.8) is 0 Å². The lowest BCUT2D eigenvalue weighted by Crippen LogP contribution is -2.07. The molecule has 0 amide bonds. The van der Waals surface area contributed by atoms with E-state index in [4.69, 9.17) is 4.74 Å². The Hall–Kier alpha value is 0.270. The summed E-state index contributed by atoms with van der Waals surface area (Å²) in [5.41, 5.74) is 0. The van der Waals surface area contributed by atoms with Crippen LogP contribution in [0.3, 0.4) is 0 Å². The molecule has 0 unspecified atom stereocenters. The van der Waals surface area contributed by atoms with Gasteiger partial charge >= 0.3 is 0 Å². The second-order valence-corrected chi connectivity index (χ2v) is 3.16. The quantitative estimate of drug-likeness (QED) is 0.470. The van der Waals surface area contributed by atoms with Gasteiger partial charge in [0, 0.05) is 6.61 Å². The van der Waals surface area contributed by atoms with Crippen molar-refractivity contribution in [3.05, 3.63) is 0 Å². The van der Waals surface area contributed by atoms with Gasteiger partial charge in [0.15, 0.2) is 0 Å². The third-order valence-electron chi connectivity index (χ3n) is 1.37. The number of ether oxygens (including phenoxy) is 1. The molecule has 0 radical (unpaired) electrons. The Morgan fingerprint density at radius 3 is 2.55 bits per heavy atom. The number of nitrogens with one attached hydrogen (secondary N) is 1. The summed E-state index contributed by atoms with van der Waals surface area (Å²) in [5, 5.41) is 0. The van der Waals surface area contributed by atoms with Crippen molar-refractivity contribution in [2.45, 2.75) is 39.2 Å². The fourth-order valence-electron chi connectivity index (χ4n) is 0.795. The van der Waals surface area contributed by atoms with Gasteiger partial charge in [-0.1, -0.05) is 0 Å². The molecular weight excluding hydrogens is 158 g/mol. The van der Waals surface area contributed by atoms with E-state index in [0.717, 1.165) is 26.0 Å². The summed E-state index contributed by atoms with van der Waals surface area (Å²) in [6, 6.07) is 0. The highest BCUT2D eigenvalue weighted by molar-refractivity contribution is 7.56. The topological polar surface area (TPSA) is 21.3 Å². The smallest absolute Gasteiger partial charge is 0.0518 e. The highest BCUT2D eigenvalue weighted by Crippen LogP contribution is 1.96. The minimum atomic E-state index is 0.368. The van der Waals surface area contributed by atoms with Gasteiger partial charge in [-0.15, -0.1) is 0 Å². The van der Waals surface area contributed by atoms with Gasteiger partial charge in [0.05, 0.1) is 6.10 Å². The highest BCUT2D eigenvalue weighted by atomic mass is 32.1. The van der Waals surface area contributed by atoms with Crippen LogP contribution in [-0.2, 0) is 17.6 Å². The van der Waals surface area contributed by atoms with E-state index in [1.807, 2.05) is 0 Å². The lowest BCUT2D eigenvalue weighted by Gasteiger charge is -2.08. The molecule has 0 saturated heterocycles. The molecule has 0 aliphatic rings. The Morgan fingerprint density at radius 2 is 2.00 bits per heavy atom. The van der Waals surface area contributed by atoms with E-state index in [-0.39, 0.29) is 0 Å². The molecule has 0 atom stereocenters. The molecule has 0 aromatic rings. The van der Waals surface area contributed by atoms with Gasteiger partial charge in [0.2, 0.25) is 0 Å². The van der Waals surface area contributed by atoms with Gasteiger partial charge in [-0.2, -0.15) is 0 Å². The zero-order valence-electron chi connectivity index (χ0n) is 7.43. The average Bonchev–Trinajstić information content (AvgIpc) is 1.96. The molecule has 1 N–H and O–H groups in total. The molecule has 0 aromatic carbocycles. The normalized spacial score (nSPS) is 10.9. The number of hydrogen-bond acceptors (Lipinski definition) is 3. The Morgan fingerprint density at radius 1 is 1.27 bits per heavy atom. The SMILES string of the molecule is CC(C)OCCCCCN[S-]. The second kappa shape index (κ2) is 8.37. The van der Waals surface area contributed by atoms with E-state index in [1.54, 1.807) is 0 Å². The first-order chi connectivity index (χ1) is 5.27. The van der Waals surface area contributed by atoms with Crippen LogP contribution in [0.15, 0.2) is 0 Å². The summed E-state index contributed by atoms with van der Waals surface area (Å²) in [4.78, 5) is 0. The minimum absolute atomic E-state index is 0.368. The monoisotopic (exact) mass is 176 g/mol. The predicted octanol–water partition coefficient (Wildman–Crippen LogP) is 1.63. The average molecular weight is 176 g/mol. The summed E-state index contributed by atoms with van der Waals surface area (Å²) < 4.78 is 8.09. The molecule has 11 heavy (non-hydrogen) atoms. The van der Waals surface area contributed by atoms with Gasteiger partial charge < -0.3 is 22.3 Å². The highest BCUT2D eigenvalue weighted by Gasteiger charge is 1.91. The van der Waals surface area contributed by atoms with Crippen LogP contribution < -0.4 is 4.72 Å². The van der Waals surface area contributed by atoms with Crippen molar-refractivity contribution >= 4 is 12.8 Å². The van der Waals surface area contributed by atoms with Crippen molar-refractivity contribution in [1.82, 2.24) is 4.72 Å². The summed E-state index contributed by atoms with van der Waals surface area (Å²) in [6.07, 6.45) is 3.88. The minimum Gasteiger partial charge on any atom is -0.705 e. The fourth-order valence-corrected chi connectivity index (χ4v) is 0.939. The van der Waals surface area contributed by atoms with E-state index in [1.165, 1.54) is 6.42 Å². The Labute approximate surface area is 75.2 Å². The van der Waals surface area contributed by atoms with Gasteiger partial charge in [-0.05, 0) is 39.7 Å². The third-order valence-corrected chi connectivity index (χ3v) is 1.58. The van der Waals surface area contributed by atoms with Crippen LogP contribution in [0.2, 0.25) is 0 Å². The fraction of sp³-hybridized carbons (Fsp3) is 1.00. The van der Waals surface area contributed by atoms with E-state index < -0.39 is 0 Å². The summed E-state index contributed by atoms with van der Waals surface area (Å²) in [6.45, 7) is 5.95. The zero-order chi connectivity index (χ0) is 8.53. The maximum absolute atomic E-state index is 5.38. The van der Waals surface area contributed by atoms with E-state index >= 15 is 0 Å². The van der Waals surface area contributed by atoms with E-state index in [0.29, 0.717) is 6.10 Å². The van der Waals surface area contributed by atoms with Crippen LogP contribution in [0.4, 0.5) is 0 Å². The zero-order valence-corrected chi connectivity index (χ0v) is 8.25. The Balaban J connectivity index is 2.80. The molecule has 0 aliphatic carbocycles. The van der Waals surface area contributed by atoms with Crippen LogP contribution in [0.25, 0.3) is 0 Å². The summed E-state index contributed by atoms with van der Waals surface area (Å²) in [7, 11) is 0. The van der Waals surface area contributed by atoms with Crippen molar-refractivity contribution in [2.24, 2.45) is 0 Å². The number of rotatable bonds is 7. The predicted molar refractivity (Wildman–Crippen MR) is 50.3 cm³/mol. The third kappa shape index (κ3) is 10.3. The molecule has 2 nitrogen and oxygen atoms in total.